The Balaban J connectivity index is 1.87. The summed E-state index contributed by atoms with van der Waals surface area (Å²) in [5.74, 6) is 0.472. The summed E-state index contributed by atoms with van der Waals surface area (Å²) in [5, 5.41) is 8.62. The first-order valence-corrected chi connectivity index (χ1v) is 6.16. The van der Waals surface area contributed by atoms with E-state index in [1.54, 1.807) is 7.11 Å². The molecule has 0 unspecified atom stereocenters. The van der Waals surface area contributed by atoms with Crippen LogP contribution in [0.5, 0.6) is 5.75 Å². The molecule has 2 rings (SSSR count). The number of aromatic amines is 1. The van der Waals surface area contributed by atoms with Gasteiger partial charge in [-0.15, -0.1) is 0 Å². The molecule has 1 amide bonds. The van der Waals surface area contributed by atoms with Gasteiger partial charge in [0.05, 0.1) is 7.11 Å². The van der Waals surface area contributed by atoms with Gasteiger partial charge >= 0.3 is 0 Å². The van der Waals surface area contributed by atoms with Crippen molar-refractivity contribution in [3.8, 4) is 5.75 Å². The molecule has 2 aromatic rings. The van der Waals surface area contributed by atoms with Gasteiger partial charge in [-0.1, -0.05) is 12.1 Å². The molecule has 0 aliphatic heterocycles. The van der Waals surface area contributed by atoms with E-state index in [4.69, 9.17) is 4.74 Å². The van der Waals surface area contributed by atoms with Crippen molar-refractivity contribution in [1.82, 2.24) is 15.5 Å². The summed E-state index contributed by atoms with van der Waals surface area (Å²) in [6.07, 6.45) is 0.687. The number of hydrogen-bond acceptors (Lipinski definition) is 4. The summed E-state index contributed by atoms with van der Waals surface area (Å²) >= 11 is 0. The molecule has 0 saturated heterocycles. The SMILES string of the molecule is COc1cccc(CCNC(=O)c2ccc(=O)[nH]n2)c1. The third kappa shape index (κ3) is 3.68. The van der Waals surface area contributed by atoms with Crippen molar-refractivity contribution < 1.29 is 9.53 Å². The molecule has 0 aliphatic carbocycles. The Morgan fingerprint density at radius 3 is 2.90 bits per heavy atom. The smallest absolute Gasteiger partial charge is 0.271 e. The predicted molar refractivity (Wildman–Crippen MR) is 73.9 cm³/mol. The third-order valence-electron chi connectivity index (χ3n) is 2.75. The molecule has 20 heavy (non-hydrogen) atoms. The summed E-state index contributed by atoms with van der Waals surface area (Å²) in [5.41, 5.74) is 0.923. The number of benzene rings is 1. The lowest BCUT2D eigenvalue weighted by atomic mass is 10.1. The first-order chi connectivity index (χ1) is 9.69. The van der Waals surface area contributed by atoms with Gasteiger partial charge in [-0.2, -0.15) is 5.10 Å². The summed E-state index contributed by atoms with van der Waals surface area (Å²) in [7, 11) is 1.61. The molecule has 0 atom stereocenters. The minimum absolute atomic E-state index is 0.190. The normalized spacial score (nSPS) is 10.1. The van der Waals surface area contributed by atoms with Crippen LogP contribution in [0.15, 0.2) is 41.2 Å². The van der Waals surface area contributed by atoms with Crippen molar-refractivity contribution in [2.24, 2.45) is 0 Å². The second kappa shape index (κ2) is 6.51. The van der Waals surface area contributed by atoms with Crippen molar-refractivity contribution >= 4 is 5.91 Å². The lowest BCUT2D eigenvalue weighted by Crippen LogP contribution is -2.27. The van der Waals surface area contributed by atoms with Crippen LogP contribution in [-0.2, 0) is 6.42 Å². The molecule has 1 heterocycles. The molecule has 2 N–H and O–H groups in total. The van der Waals surface area contributed by atoms with Crippen LogP contribution in [0.25, 0.3) is 0 Å². The van der Waals surface area contributed by atoms with E-state index in [0.717, 1.165) is 11.3 Å². The Labute approximate surface area is 115 Å². The first-order valence-electron chi connectivity index (χ1n) is 6.16. The van der Waals surface area contributed by atoms with E-state index in [2.05, 4.69) is 15.5 Å². The molecule has 1 aromatic heterocycles. The second-order valence-corrected chi connectivity index (χ2v) is 4.16. The number of carbonyl (C=O) groups excluding carboxylic acids is 1. The second-order valence-electron chi connectivity index (χ2n) is 4.16. The maximum absolute atomic E-state index is 11.7. The van der Waals surface area contributed by atoms with Crippen LogP contribution in [0, 0.1) is 0 Å². The number of carbonyl (C=O) groups is 1. The maximum Gasteiger partial charge on any atom is 0.271 e. The Hall–Kier alpha value is -2.63. The van der Waals surface area contributed by atoms with Gasteiger partial charge in [0.2, 0.25) is 0 Å². The van der Waals surface area contributed by atoms with Gasteiger partial charge in [-0.25, -0.2) is 5.10 Å². The molecule has 0 radical (unpaired) electrons. The monoisotopic (exact) mass is 273 g/mol. The fourth-order valence-corrected chi connectivity index (χ4v) is 1.71. The quantitative estimate of drug-likeness (QED) is 0.842. The number of methoxy groups -OCH3 is 1. The number of aromatic nitrogens is 2. The molecular weight excluding hydrogens is 258 g/mol. The molecule has 0 spiro atoms. The average molecular weight is 273 g/mol. The van der Waals surface area contributed by atoms with Crippen LogP contribution in [0.3, 0.4) is 0 Å². The zero-order valence-corrected chi connectivity index (χ0v) is 11.1. The number of nitrogens with zero attached hydrogens (tertiary/aromatic N) is 1. The fraction of sp³-hybridized carbons (Fsp3) is 0.214. The van der Waals surface area contributed by atoms with E-state index in [1.807, 2.05) is 24.3 Å². The minimum Gasteiger partial charge on any atom is -0.497 e. The number of amides is 1. The average Bonchev–Trinajstić information content (AvgIpc) is 2.48. The largest absolute Gasteiger partial charge is 0.497 e. The van der Waals surface area contributed by atoms with Crippen LogP contribution >= 0.6 is 0 Å². The van der Waals surface area contributed by atoms with Crippen molar-refractivity contribution in [2.45, 2.75) is 6.42 Å². The molecule has 0 bridgehead atoms. The van der Waals surface area contributed by atoms with Crippen molar-refractivity contribution in [3.63, 3.8) is 0 Å². The predicted octanol–water partition coefficient (Wildman–Crippen LogP) is 0.751. The minimum atomic E-state index is -0.335. The van der Waals surface area contributed by atoms with E-state index in [9.17, 15) is 9.59 Å². The molecule has 104 valence electrons. The Morgan fingerprint density at radius 2 is 2.20 bits per heavy atom. The summed E-state index contributed by atoms with van der Waals surface area (Å²) in [6, 6.07) is 10.3. The molecule has 6 nitrogen and oxygen atoms in total. The highest BCUT2D eigenvalue weighted by Gasteiger charge is 2.06. The molecule has 1 aromatic carbocycles. The van der Waals surface area contributed by atoms with Crippen LogP contribution in [0.4, 0.5) is 0 Å². The highest BCUT2D eigenvalue weighted by molar-refractivity contribution is 5.91. The number of nitrogens with one attached hydrogen (secondary N) is 2. The van der Waals surface area contributed by atoms with E-state index in [1.165, 1.54) is 12.1 Å². The molecule has 0 aliphatic rings. The Bertz CT molecular complexity index is 632. The zero-order chi connectivity index (χ0) is 14.4. The maximum atomic E-state index is 11.7. The van der Waals surface area contributed by atoms with Crippen LogP contribution in [0.2, 0.25) is 0 Å². The van der Waals surface area contributed by atoms with E-state index in [0.29, 0.717) is 13.0 Å². The molecular formula is C14H15N3O3. The van der Waals surface area contributed by atoms with Crippen molar-refractivity contribution in [3.05, 3.63) is 58.0 Å². The van der Waals surface area contributed by atoms with Gasteiger partial charge < -0.3 is 10.1 Å². The summed E-state index contributed by atoms with van der Waals surface area (Å²) in [4.78, 5) is 22.6. The Kier molecular flexibility index (Phi) is 4.49. The number of hydrogen-bond donors (Lipinski definition) is 2. The van der Waals surface area contributed by atoms with Gasteiger partial charge in [0.25, 0.3) is 11.5 Å². The molecule has 0 saturated carbocycles. The number of H-pyrrole nitrogens is 1. The topological polar surface area (TPSA) is 84.1 Å². The molecule has 0 fully saturated rings. The highest BCUT2D eigenvalue weighted by Crippen LogP contribution is 2.12. The van der Waals surface area contributed by atoms with E-state index < -0.39 is 0 Å². The summed E-state index contributed by atoms with van der Waals surface area (Å²) < 4.78 is 5.13. The van der Waals surface area contributed by atoms with E-state index in [-0.39, 0.29) is 17.2 Å². The lowest BCUT2D eigenvalue weighted by molar-refractivity contribution is 0.0948. The highest BCUT2D eigenvalue weighted by atomic mass is 16.5. The standard InChI is InChI=1S/C14H15N3O3/c1-20-11-4-2-3-10(9-11)7-8-15-14(19)12-5-6-13(18)17-16-12/h2-6,9H,7-8H2,1H3,(H,15,19)(H,17,18). The summed E-state index contributed by atoms with van der Waals surface area (Å²) in [6.45, 7) is 0.479. The van der Waals surface area contributed by atoms with Crippen molar-refractivity contribution in [1.29, 1.82) is 0 Å². The van der Waals surface area contributed by atoms with Crippen LogP contribution in [0.1, 0.15) is 16.1 Å². The van der Waals surface area contributed by atoms with Crippen LogP contribution < -0.4 is 15.6 Å². The fourth-order valence-electron chi connectivity index (χ4n) is 1.71. The first kappa shape index (κ1) is 13.8. The van der Waals surface area contributed by atoms with Gasteiger partial charge in [-0.3, -0.25) is 9.59 Å². The van der Waals surface area contributed by atoms with E-state index >= 15 is 0 Å². The van der Waals surface area contributed by atoms with Crippen molar-refractivity contribution in [2.75, 3.05) is 13.7 Å². The van der Waals surface area contributed by atoms with Crippen LogP contribution in [-0.4, -0.2) is 29.8 Å². The van der Waals surface area contributed by atoms with Gasteiger partial charge in [0.1, 0.15) is 11.4 Å². The number of ether oxygens (including phenoxy) is 1. The Morgan fingerprint density at radius 1 is 1.35 bits per heavy atom. The third-order valence-corrected chi connectivity index (χ3v) is 2.75. The van der Waals surface area contributed by atoms with Gasteiger partial charge in [-0.05, 0) is 30.2 Å². The zero-order valence-electron chi connectivity index (χ0n) is 11.1. The molecule has 6 heteroatoms. The van der Waals surface area contributed by atoms with Gasteiger partial charge in [0, 0.05) is 12.6 Å². The van der Waals surface area contributed by atoms with Gasteiger partial charge in [0.15, 0.2) is 0 Å². The number of rotatable bonds is 5. The lowest BCUT2D eigenvalue weighted by Gasteiger charge is -2.06.